The molecule has 0 aliphatic carbocycles. The summed E-state index contributed by atoms with van der Waals surface area (Å²) >= 11 is 0. The van der Waals surface area contributed by atoms with E-state index in [-0.39, 0.29) is 17.7 Å². The first-order valence-corrected chi connectivity index (χ1v) is 11.2. The zero-order valence-corrected chi connectivity index (χ0v) is 19.1. The molecule has 5 rings (SSSR count). The number of para-hydroxylation sites is 2. The van der Waals surface area contributed by atoms with E-state index in [0.29, 0.717) is 33.2 Å². The minimum Gasteiger partial charge on any atom is -0.507 e. The Morgan fingerprint density at radius 2 is 1.64 bits per heavy atom. The van der Waals surface area contributed by atoms with Crippen LogP contribution >= 0.6 is 0 Å². The number of aromatic amines is 1. The van der Waals surface area contributed by atoms with Crippen molar-refractivity contribution in [1.82, 2.24) is 9.55 Å². The highest BCUT2D eigenvalue weighted by atomic mass is 19.4. The molecule has 0 bridgehead atoms. The lowest BCUT2D eigenvalue weighted by molar-refractivity contribution is -0.137. The molecule has 2 heterocycles. The van der Waals surface area contributed by atoms with Crippen molar-refractivity contribution in [2.75, 3.05) is 0 Å². The smallest absolute Gasteiger partial charge is 0.416 e. The number of halogens is 3. The maximum Gasteiger partial charge on any atom is 0.416 e. The standard InChI is InChI=1S/C28H20F3N3O2/c1-34-22-9-5-3-7-20(22)26(35)24(27(34)36)23(16-10-12-17(13-11-16)28(29,30)31)25-19(14-15-32)18-6-2-4-8-21(18)33-25/h2-13,23,33,35H,14H2,1H3. The average molecular weight is 487 g/mol. The van der Waals surface area contributed by atoms with E-state index in [9.17, 15) is 28.3 Å². The lowest BCUT2D eigenvalue weighted by Crippen LogP contribution is -2.25. The number of H-pyrrole nitrogens is 1. The second-order valence-electron chi connectivity index (χ2n) is 8.59. The third-order valence-corrected chi connectivity index (χ3v) is 6.56. The predicted octanol–water partition coefficient (Wildman–Crippen LogP) is 5.99. The van der Waals surface area contributed by atoms with E-state index in [0.717, 1.165) is 17.5 Å². The monoisotopic (exact) mass is 487 g/mol. The number of fused-ring (bicyclic) bond motifs is 2. The molecule has 2 N–H and O–H groups in total. The Labute approximate surface area is 203 Å². The number of nitrogens with zero attached hydrogens (tertiary/aromatic N) is 2. The maximum atomic E-state index is 13.6. The van der Waals surface area contributed by atoms with E-state index in [1.54, 1.807) is 31.3 Å². The van der Waals surface area contributed by atoms with E-state index in [1.807, 2.05) is 24.3 Å². The number of aromatic hydroxyl groups is 1. The van der Waals surface area contributed by atoms with E-state index in [4.69, 9.17) is 0 Å². The summed E-state index contributed by atoms with van der Waals surface area (Å²) in [5.74, 6) is -1.20. The second kappa shape index (κ2) is 8.61. The van der Waals surface area contributed by atoms with Gasteiger partial charge in [-0.05, 0) is 41.5 Å². The van der Waals surface area contributed by atoms with Gasteiger partial charge < -0.3 is 14.7 Å². The molecule has 36 heavy (non-hydrogen) atoms. The number of aryl methyl sites for hydroxylation is 1. The summed E-state index contributed by atoms with van der Waals surface area (Å²) in [6.45, 7) is 0. The molecule has 1 unspecified atom stereocenters. The van der Waals surface area contributed by atoms with Crippen LogP contribution in [0.4, 0.5) is 13.2 Å². The molecular weight excluding hydrogens is 467 g/mol. The molecule has 0 spiro atoms. The van der Waals surface area contributed by atoms with Crippen LogP contribution in [0.3, 0.4) is 0 Å². The Morgan fingerprint density at radius 1 is 1.00 bits per heavy atom. The summed E-state index contributed by atoms with van der Waals surface area (Å²) in [7, 11) is 1.58. The Morgan fingerprint density at radius 3 is 2.31 bits per heavy atom. The number of alkyl halides is 3. The Hall–Kier alpha value is -4.51. The third kappa shape index (κ3) is 3.69. The number of benzene rings is 3. The van der Waals surface area contributed by atoms with Gasteiger partial charge >= 0.3 is 6.18 Å². The summed E-state index contributed by atoms with van der Waals surface area (Å²) in [6, 6.07) is 20.8. The zero-order valence-electron chi connectivity index (χ0n) is 19.1. The minimum absolute atomic E-state index is 0.00510. The number of rotatable bonds is 4. The molecule has 0 amide bonds. The Bertz CT molecular complexity index is 1710. The van der Waals surface area contributed by atoms with Crippen molar-refractivity contribution in [3.05, 3.63) is 111 Å². The molecule has 0 aliphatic rings. The molecule has 5 aromatic rings. The molecule has 8 heteroatoms. The molecule has 180 valence electrons. The number of pyridine rings is 1. The highest BCUT2D eigenvalue weighted by molar-refractivity contribution is 5.88. The summed E-state index contributed by atoms with van der Waals surface area (Å²) in [5.41, 5.74) is 1.40. The van der Waals surface area contributed by atoms with Gasteiger partial charge in [0, 0.05) is 29.0 Å². The fourth-order valence-electron chi connectivity index (χ4n) is 4.84. The normalized spacial score (nSPS) is 12.6. The number of aromatic nitrogens is 2. The van der Waals surface area contributed by atoms with Gasteiger partial charge in [-0.15, -0.1) is 0 Å². The number of nitriles is 1. The van der Waals surface area contributed by atoms with Crippen molar-refractivity contribution in [3.63, 3.8) is 0 Å². The molecular formula is C28H20F3N3O2. The van der Waals surface area contributed by atoms with Crippen molar-refractivity contribution in [1.29, 1.82) is 5.26 Å². The van der Waals surface area contributed by atoms with E-state index >= 15 is 0 Å². The van der Waals surface area contributed by atoms with E-state index < -0.39 is 23.2 Å². The van der Waals surface area contributed by atoms with Gasteiger partial charge in [0.15, 0.2) is 0 Å². The molecule has 0 fully saturated rings. The number of nitrogens with one attached hydrogen (secondary N) is 1. The summed E-state index contributed by atoms with van der Waals surface area (Å²) in [4.78, 5) is 16.9. The van der Waals surface area contributed by atoms with E-state index in [1.165, 1.54) is 16.7 Å². The SMILES string of the molecule is Cn1c(=O)c(C(c2ccc(C(F)(F)F)cc2)c2[nH]c3ccccc3c2CC#N)c(O)c2ccccc21. The first-order chi connectivity index (χ1) is 17.2. The van der Waals surface area contributed by atoms with Gasteiger partial charge in [-0.1, -0.05) is 42.5 Å². The van der Waals surface area contributed by atoms with Crippen LogP contribution in [0.1, 0.15) is 33.9 Å². The quantitative estimate of drug-likeness (QED) is 0.327. The van der Waals surface area contributed by atoms with Crippen LogP contribution < -0.4 is 5.56 Å². The second-order valence-corrected chi connectivity index (χ2v) is 8.59. The maximum absolute atomic E-state index is 13.6. The van der Waals surface area contributed by atoms with E-state index in [2.05, 4.69) is 11.1 Å². The highest BCUT2D eigenvalue weighted by Crippen LogP contribution is 2.41. The third-order valence-electron chi connectivity index (χ3n) is 6.56. The topological polar surface area (TPSA) is 81.8 Å². The molecule has 1 atom stereocenters. The van der Waals surface area contributed by atoms with Crippen LogP contribution in [0.15, 0.2) is 77.6 Å². The lowest BCUT2D eigenvalue weighted by Gasteiger charge is -2.22. The Balaban J connectivity index is 1.87. The summed E-state index contributed by atoms with van der Waals surface area (Å²) in [5, 5.41) is 22.1. The van der Waals surface area contributed by atoms with Gasteiger partial charge in [0.2, 0.25) is 0 Å². The molecule has 0 radical (unpaired) electrons. The van der Waals surface area contributed by atoms with Gasteiger partial charge in [-0.3, -0.25) is 4.79 Å². The predicted molar refractivity (Wildman–Crippen MR) is 131 cm³/mol. The lowest BCUT2D eigenvalue weighted by atomic mass is 9.85. The van der Waals surface area contributed by atoms with Crippen LogP contribution in [0.5, 0.6) is 5.75 Å². The van der Waals surface area contributed by atoms with Crippen molar-refractivity contribution in [2.24, 2.45) is 7.05 Å². The molecule has 3 aromatic carbocycles. The van der Waals surface area contributed by atoms with Gasteiger partial charge in [0.05, 0.1) is 35.1 Å². The molecule has 2 aromatic heterocycles. The minimum atomic E-state index is -4.53. The first kappa shape index (κ1) is 23.2. The van der Waals surface area contributed by atoms with Crippen LogP contribution in [0.2, 0.25) is 0 Å². The van der Waals surface area contributed by atoms with Gasteiger partial charge in [0.25, 0.3) is 5.56 Å². The number of hydrogen-bond donors (Lipinski definition) is 2. The van der Waals surface area contributed by atoms with Crippen LogP contribution in [0.25, 0.3) is 21.8 Å². The molecule has 0 aliphatic heterocycles. The van der Waals surface area contributed by atoms with Gasteiger partial charge in [0.1, 0.15) is 5.75 Å². The fourth-order valence-corrected chi connectivity index (χ4v) is 4.84. The first-order valence-electron chi connectivity index (χ1n) is 11.2. The zero-order chi connectivity index (χ0) is 25.6. The highest BCUT2D eigenvalue weighted by Gasteiger charge is 2.33. The molecule has 5 nitrogen and oxygen atoms in total. The Kier molecular flexibility index (Phi) is 5.56. The van der Waals surface area contributed by atoms with Gasteiger partial charge in [-0.25, -0.2) is 0 Å². The van der Waals surface area contributed by atoms with Crippen LogP contribution in [-0.2, 0) is 19.6 Å². The summed E-state index contributed by atoms with van der Waals surface area (Å²) in [6.07, 6.45) is -4.52. The number of hydrogen-bond acceptors (Lipinski definition) is 3. The van der Waals surface area contributed by atoms with Crippen molar-refractivity contribution in [2.45, 2.75) is 18.5 Å². The molecule has 0 saturated carbocycles. The average Bonchev–Trinajstić information content (AvgIpc) is 3.23. The van der Waals surface area contributed by atoms with Crippen molar-refractivity contribution in [3.8, 4) is 11.8 Å². The van der Waals surface area contributed by atoms with Crippen molar-refractivity contribution < 1.29 is 18.3 Å². The van der Waals surface area contributed by atoms with Crippen molar-refractivity contribution >= 4 is 21.8 Å². The molecule has 0 saturated heterocycles. The largest absolute Gasteiger partial charge is 0.507 e. The fraction of sp³-hybridized carbons (Fsp3) is 0.143. The van der Waals surface area contributed by atoms with Crippen LogP contribution in [0, 0.1) is 11.3 Å². The summed E-state index contributed by atoms with van der Waals surface area (Å²) < 4.78 is 41.3. The van der Waals surface area contributed by atoms with Gasteiger partial charge in [-0.2, -0.15) is 18.4 Å². The van der Waals surface area contributed by atoms with Crippen LogP contribution in [-0.4, -0.2) is 14.7 Å².